The lowest BCUT2D eigenvalue weighted by Gasteiger charge is -2.08. The normalized spacial score (nSPS) is 10.3. The van der Waals surface area contributed by atoms with E-state index in [1.807, 2.05) is 0 Å². The number of carboxylic acids is 1. The Morgan fingerprint density at radius 3 is 2.44 bits per heavy atom. The standard InChI is InChI=1S/C13H9F2NO2/c14-10-3-1-8(2-4-10)12-9(7-11(17)18)5-6-16-13(12)15/h1-6H,7H2,(H,17,18). The van der Waals surface area contributed by atoms with Crippen LogP contribution in [0.2, 0.25) is 0 Å². The number of benzene rings is 1. The molecule has 1 N–H and O–H groups in total. The molecule has 2 rings (SSSR count). The number of rotatable bonds is 3. The lowest BCUT2D eigenvalue weighted by Crippen LogP contribution is -2.04. The lowest BCUT2D eigenvalue weighted by atomic mass is 9.99. The van der Waals surface area contributed by atoms with E-state index in [1.54, 1.807) is 0 Å². The Balaban J connectivity index is 2.54. The summed E-state index contributed by atoms with van der Waals surface area (Å²) >= 11 is 0. The van der Waals surface area contributed by atoms with Crippen LogP contribution >= 0.6 is 0 Å². The molecule has 0 bridgehead atoms. The quantitative estimate of drug-likeness (QED) is 0.851. The Labute approximate surface area is 102 Å². The molecule has 0 amide bonds. The number of hydrogen-bond acceptors (Lipinski definition) is 2. The molecule has 0 spiro atoms. The number of hydrogen-bond donors (Lipinski definition) is 1. The van der Waals surface area contributed by atoms with Gasteiger partial charge in [-0.3, -0.25) is 4.79 Å². The van der Waals surface area contributed by atoms with Crippen molar-refractivity contribution in [2.75, 3.05) is 0 Å². The number of carboxylic acid groups (broad SMARTS) is 1. The maximum atomic E-state index is 13.7. The molecule has 92 valence electrons. The van der Waals surface area contributed by atoms with E-state index in [2.05, 4.69) is 4.98 Å². The molecule has 0 saturated carbocycles. The van der Waals surface area contributed by atoms with Crippen molar-refractivity contribution < 1.29 is 18.7 Å². The first-order valence-corrected chi connectivity index (χ1v) is 5.19. The molecule has 0 atom stereocenters. The predicted octanol–water partition coefficient (Wildman–Crippen LogP) is 2.65. The molecule has 18 heavy (non-hydrogen) atoms. The highest BCUT2D eigenvalue weighted by Gasteiger charge is 2.14. The van der Waals surface area contributed by atoms with Crippen molar-refractivity contribution in [2.24, 2.45) is 0 Å². The van der Waals surface area contributed by atoms with E-state index in [4.69, 9.17) is 5.11 Å². The number of aromatic nitrogens is 1. The summed E-state index contributed by atoms with van der Waals surface area (Å²) in [4.78, 5) is 14.2. The second-order valence-corrected chi connectivity index (χ2v) is 3.71. The van der Waals surface area contributed by atoms with Gasteiger partial charge < -0.3 is 5.11 Å². The first kappa shape index (κ1) is 12.2. The molecule has 2 aromatic rings. The number of aliphatic carboxylic acids is 1. The van der Waals surface area contributed by atoms with Gasteiger partial charge in [0.05, 0.1) is 6.42 Å². The molecule has 3 nitrogen and oxygen atoms in total. The highest BCUT2D eigenvalue weighted by Crippen LogP contribution is 2.26. The first-order valence-electron chi connectivity index (χ1n) is 5.19. The number of carbonyl (C=O) groups is 1. The summed E-state index contributed by atoms with van der Waals surface area (Å²) in [6, 6.07) is 6.59. The minimum Gasteiger partial charge on any atom is -0.481 e. The van der Waals surface area contributed by atoms with Crippen molar-refractivity contribution in [1.82, 2.24) is 4.98 Å². The van der Waals surface area contributed by atoms with E-state index < -0.39 is 17.7 Å². The van der Waals surface area contributed by atoms with Gasteiger partial charge in [-0.05, 0) is 29.3 Å². The van der Waals surface area contributed by atoms with Gasteiger partial charge in [-0.25, -0.2) is 9.37 Å². The van der Waals surface area contributed by atoms with Gasteiger partial charge in [0.25, 0.3) is 0 Å². The van der Waals surface area contributed by atoms with Crippen LogP contribution in [-0.4, -0.2) is 16.1 Å². The van der Waals surface area contributed by atoms with E-state index in [0.29, 0.717) is 11.1 Å². The zero-order chi connectivity index (χ0) is 13.1. The van der Waals surface area contributed by atoms with Gasteiger partial charge in [0.1, 0.15) is 5.82 Å². The summed E-state index contributed by atoms with van der Waals surface area (Å²) in [6.07, 6.45) is 0.896. The van der Waals surface area contributed by atoms with E-state index in [9.17, 15) is 13.6 Å². The van der Waals surface area contributed by atoms with Gasteiger partial charge in [0.15, 0.2) is 0 Å². The van der Waals surface area contributed by atoms with Crippen LogP contribution in [0.4, 0.5) is 8.78 Å². The van der Waals surface area contributed by atoms with Gasteiger partial charge in [-0.15, -0.1) is 0 Å². The summed E-state index contributed by atoms with van der Waals surface area (Å²) in [5.41, 5.74) is 0.805. The monoisotopic (exact) mass is 249 g/mol. The average Bonchev–Trinajstić information content (AvgIpc) is 2.30. The zero-order valence-corrected chi connectivity index (χ0v) is 9.23. The Bertz CT molecular complexity index is 582. The maximum Gasteiger partial charge on any atom is 0.307 e. The van der Waals surface area contributed by atoms with Crippen LogP contribution in [0.15, 0.2) is 36.5 Å². The molecule has 0 saturated heterocycles. The Hall–Kier alpha value is -2.30. The van der Waals surface area contributed by atoms with Gasteiger partial charge in [-0.1, -0.05) is 12.1 Å². The third kappa shape index (κ3) is 2.51. The predicted molar refractivity (Wildman–Crippen MR) is 60.9 cm³/mol. The van der Waals surface area contributed by atoms with Gasteiger partial charge >= 0.3 is 5.97 Å². The van der Waals surface area contributed by atoms with Crippen molar-refractivity contribution in [3.05, 3.63) is 53.9 Å². The fourth-order valence-electron chi connectivity index (χ4n) is 1.70. The van der Waals surface area contributed by atoms with Crippen molar-refractivity contribution in [1.29, 1.82) is 0 Å². The summed E-state index contributed by atoms with van der Waals surface area (Å²) < 4.78 is 26.5. The summed E-state index contributed by atoms with van der Waals surface area (Å²) in [6.45, 7) is 0. The summed E-state index contributed by atoms with van der Waals surface area (Å²) in [7, 11) is 0. The van der Waals surface area contributed by atoms with Crippen LogP contribution in [0.1, 0.15) is 5.56 Å². The van der Waals surface area contributed by atoms with Crippen LogP contribution in [0, 0.1) is 11.8 Å². The van der Waals surface area contributed by atoms with Gasteiger partial charge in [0, 0.05) is 11.8 Å². The second-order valence-electron chi connectivity index (χ2n) is 3.71. The second kappa shape index (κ2) is 4.91. The topological polar surface area (TPSA) is 50.2 Å². The minimum atomic E-state index is -1.07. The molecule has 0 fully saturated rings. The molecule has 0 aliphatic heterocycles. The van der Waals surface area contributed by atoms with Crippen molar-refractivity contribution >= 4 is 5.97 Å². The largest absolute Gasteiger partial charge is 0.481 e. The van der Waals surface area contributed by atoms with Crippen LogP contribution in [0.5, 0.6) is 0 Å². The summed E-state index contributed by atoms with van der Waals surface area (Å²) in [5.74, 6) is -2.27. The molecule has 1 aromatic heterocycles. The average molecular weight is 249 g/mol. The van der Waals surface area contributed by atoms with Crippen molar-refractivity contribution in [3.63, 3.8) is 0 Å². The zero-order valence-electron chi connectivity index (χ0n) is 9.23. The molecule has 0 radical (unpaired) electrons. The number of halogens is 2. The lowest BCUT2D eigenvalue weighted by molar-refractivity contribution is -0.136. The first-order chi connectivity index (χ1) is 8.58. The van der Waals surface area contributed by atoms with E-state index in [-0.39, 0.29) is 12.0 Å². The number of pyridine rings is 1. The third-order valence-corrected chi connectivity index (χ3v) is 2.47. The highest BCUT2D eigenvalue weighted by molar-refractivity contribution is 5.76. The maximum absolute atomic E-state index is 13.7. The Kier molecular flexibility index (Phi) is 3.32. The van der Waals surface area contributed by atoms with Crippen LogP contribution in [0.25, 0.3) is 11.1 Å². The third-order valence-electron chi connectivity index (χ3n) is 2.47. The van der Waals surface area contributed by atoms with E-state index >= 15 is 0 Å². The highest BCUT2D eigenvalue weighted by atomic mass is 19.1. The van der Waals surface area contributed by atoms with Gasteiger partial charge in [0.2, 0.25) is 5.95 Å². The molecule has 1 heterocycles. The van der Waals surface area contributed by atoms with E-state index in [0.717, 1.165) is 0 Å². The molecule has 1 aromatic carbocycles. The SMILES string of the molecule is O=C(O)Cc1ccnc(F)c1-c1ccc(F)cc1. The fraction of sp³-hybridized carbons (Fsp3) is 0.0769. The summed E-state index contributed by atoms with van der Waals surface area (Å²) in [5, 5.41) is 8.77. The van der Waals surface area contributed by atoms with Gasteiger partial charge in [-0.2, -0.15) is 4.39 Å². The van der Waals surface area contributed by atoms with Crippen LogP contribution < -0.4 is 0 Å². The molecular formula is C13H9F2NO2. The minimum absolute atomic E-state index is 0.0971. The molecule has 0 unspecified atom stereocenters. The van der Waals surface area contributed by atoms with Crippen molar-refractivity contribution in [3.8, 4) is 11.1 Å². The molecular weight excluding hydrogens is 240 g/mol. The fourth-order valence-corrected chi connectivity index (χ4v) is 1.70. The Morgan fingerprint density at radius 2 is 1.83 bits per heavy atom. The van der Waals surface area contributed by atoms with Crippen LogP contribution in [-0.2, 0) is 11.2 Å². The Morgan fingerprint density at radius 1 is 1.17 bits per heavy atom. The number of nitrogens with zero attached hydrogens (tertiary/aromatic N) is 1. The van der Waals surface area contributed by atoms with Crippen molar-refractivity contribution in [2.45, 2.75) is 6.42 Å². The van der Waals surface area contributed by atoms with E-state index in [1.165, 1.54) is 36.5 Å². The molecule has 0 aliphatic rings. The van der Waals surface area contributed by atoms with Crippen LogP contribution in [0.3, 0.4) is 0 Å². The molecule has 5 heteroatoms. The molecule has 0 aliphatic carbocycles. The smallest absolute Gasteiger partial charge is 0.307 e.